The molecular weight excluding hydrogens is 576 g/mol. The van der Waals surface area contributed by atoms with E-state index in [0.717, 1.165) is 71.7 Å². The molecular formula is C38H38N4O4. The number of aromatic hydroxyl groups is 1. The third-order valence-electron chi connectivity index (χ3n) is 8.05. The Morgan fingerprint density at radius 3 is 2.07 bits per heavy atom. The SMILES string of the molecule is O=C(CN1CCN(Cc2ccc(OCc3ccccc3)c(OCc3ccccc3)c2)CC1)NN=Cc1c(O)ccc2ccccc12. The number of benzene rings is 5. The van der Waals surface area contributed by atoms with Crippen LogP contribution in [0.15, 0.2) is 120 Å². The van der Waals surface area contributed by atoms with E-state index in [0.29, 0.717) is 18.8 Å². The van der Waals surface area contributed by atoms with E-state index in [4.69, 9.17) is 9.47 Å². The summed E-state index contributed by atoms with van der Waals surface area (Å²) in [4.78, 5) is 17.1. The molecule has 1 saturated heterocycles. The zero-order chi connectivity index (χ0) is 31.6. The average molecular weight is 615 g/mol. The third kappa shape index (κ3) is 8.29. The summed E-state index contributed by atoms with van der Waals surface area (Å²) < 4.78 is 12.4. The van der Waals surface area contributed by atoms with Crippen molar-refractivity contribution in [2.24, 2.45) is 5.10 Å². The fraction of sp³-hybridized carbons (Fsp3) is 0.211. The van der Waals surface area contributed by atoms with Gasteiger partial charge in [-0.15, -0.1) is 0 Å². The van der Waals surface area contributed by atoms with Crippen LogP contribution in [0.1, 0.15) is 22.3 Å². The summed E-state index contributed by atoms with van der Waals surface area (Å²) in [5.41, 5.74) is 6.54. The van der Waals surface area contributed by atoms with Crippen molar-refractivity contribution in [3.63, 3.8) is 0 Å². The van der Waals surface area contributed by atoms with Gasteiger partial charge in [0.2, 0.25) is 0 Å². The van der Waals surface area contributed by atoms with Gasteiger partial charge in [0.1, 0.15) is 19.0 Å². The number of nitrogens with zero attached hydrogens (tertiary/aromatic N) is 3. The number of piperazine rings is 1. The molecule has 6 rings (SSSR count). The maximum Gasteiger partial charge on any atom is 0.254 e. The average Bonchev–Trinajstić information content (AvgIpc) is 3.09. The number of carbonyl (C=O) groups is 1. The van der Waals surface area contributed by atoms with Crippen LogP contribution in [0.4, 0.5) is 0 Å². The molecule has 234 valence electrons. The number of nitrogens with one attached hydrogen (secondary N) is 1. The Balaban J connectivity index is 1.01. The number of ether oxygens (including phenoxy) is 2. The van der Waals surface area contributed by atoms with E-state index in [2.05, 4.69) is 44.6 Å². The normalized spacial score (nSPS) is 14.0. The molecule has 5 aromatic carbocycles. The van der Waals surface area contributed by atoms with E-state index < -0.39 is 0 Å². The minimum atomic E-state index is -0.185. The van der Waals surface area contributed by atoms with Crippen LogP contribution in [0.5, 0.6) is 17.2 Å². The van der Waals surface area contributed by atoms with Crippen LogP contribution in [-0.2, 0) is 24.6 Å². The van der Waals surface area contributed by atoms with E-state index in [1.807, 2.05) is 84.9 Å². The van der Waals surface area contributed by atoms with Gasteiger partial charge in [0, 0.05) is 38.3 Å². The first-order valence-electron chi connectivity index (χ1n) is 15.5. The molecule has 0 spiro atoms. The van der Waals surface area contributed by atoms with Gasteiger partial charge in [-0.05, 0) is 45.7 Å². The van der Waals surface area contributed by atoms with Gasteiger partial charge >= 0.3 is 0 Å². The largest absolute Gasteiger partial charge is 0.507 e. The Hall–Kier alpha value is -5.18. The molecule has 8 heteroatoms. The van der Waals surface area contributed by atoms with Crippen LogP contribution < -0.4 is 14.9 Å². The van der Waals surface area contributed by atoms with Gasteiger partial charge < -0.3 is 14.6 Å². The summed E-state index contributed by atoms with van der Waals surface area (Å²) in [7, 11) is 0. The van der Waals surface area contributed by atoms with E-state index in [-0.39, 0.29) is 18.2 Å². The summed E-state index contributed by atoms with van der Waals surface area (Å²) in [6.45, 7) is 5.19. The van der Waals surface area contributed by atoms with Crippen LogP contribution in [0, 0.1) is 0 Å². The molecule has 1 aliphatic heterocycles. The van der Waals surface area contributed by atoms with Crippen LogP contribution >= 0.6 is 0 Å². The van der Waals surface area contributed by atoms with Crippen molar-refractivity contribution in [3.8, 4) is 17.2 Å². The first-order chi connectivity index (χ1) is 22.6. The second-order valence-corrected chi connectivity index (χ2v) is 11.4. The molecule has 1 amide bonds. The molecule has 1 fully saturated rings. The van der Waals surface area contributed by atoms with Gasteiger partial charge in [0.05, 0.1) is 12.8 Å². The number of phenolic OH excluding ortho intramolecular Hbond substituents is 1. The molecule has 0 radical (unpaired) electrons. The van der Waals surface area contributed by atoms with Crippen molar-refractivity contribution < 1.29 is 19.4 Å². The number of phenols is 1. The van der Waals surface area contributed by atoms with Gasteiger partial charge in [-0.1, -0.05) is 97.1 Å². The van der Waals surface area contributed by atoms with Crippen LogP contribution in [-0.4, -0.2) is 59.8 Å². The molecule has 5 aromatic rings. The van der Waals surface area contributed by atoms with E-state index in [9.17, 15) is 9.90 Å². The Bertz CT molecular complexity index is 1770. The lowest BCUT2D eigenvalue weighted by atomic mass is 10.0. The number of fused-ring (bicyclic) bond motifs is 1. The number of rotatable bonds is 12. The van der Waals surface area contributed by atoms with E-state index >= 15 is 0 Å². The van der Waals surface area contributed by atoms with E-state index in [1.54, 1.807) is 6.07 Å². The van der Waals surface area contributed by atoms with Crippen LogP contribution in [0.25, 0.3) is 10.8 Å². The fourth-order valence-electron chi connectivity index (χ4n) is 5.54. The summed E-state index contributed by atoms with van der Waals surface area (Å²) >= 11 is 0. The highest BCUT2D eigenvalue weighted by Crippen LogP contribution is 2.31. The molecule has 0 bridgehead atoms. The maximum atomic E-state index is 12.6. The smallest absolute Gasteiger partial charge is 0.254 e. The molecule has 46 heavy (non-hydrogen) atoms. The lowest BCUT2D eigenvalue weighted by molar-refractivity contribution is -0.122. The number of carbonyl (C=O) groups excluding carboxylic acids is 1. The Kier molecular flexibility index (Phi) is 10.2. The van der Waals surface area contributed by atoms with Crippen molar-refractivity contribution >= 4 is 22.9 Å². The monoisotopic (exact) mass is 614 g/mol. The predicted octanol–water partition coefficient (Wildman–Crippen LogP) is 5.97. The second-order valence-electron chi connectivity index (χ2n) is 11.4. The molecule has 1 heterocycles. The lowest BCUT2D eigenvalue weighted by Crippen LogP contribution is -2.48. The third-order valence-corrected chi connectivity index (χ3v) is 8.05. The topological polar surface area (TPSA) is 86.6 Å². The molecule has 0 aliphatic carbocycles. The Labute approximate surface area is 269 Å². The van der Waals surface area contributed by atoms with Crippen molar-refractivity contribution in [2.75, 3.05) is 32.7 Å². The van der Waals surface area contributed by atoms with Crippen molar-refractivity contribution in [1.29, 1.82) is 0 Å². The molecule has 0 unspecified atom stereocenters. The molecule has 8 nitrogen and oxygen atoms in total. The number of amides is 1. The van der Waals surface area contributed by atoms with Gasteiger partial charge in [0.15, 0.2) is 11.5 Å². The highest BCUT2D eigenvalue weighted by Gasteiger charge is 2.20. The summed E-state index contributed by atoms with van der Waals surface area (Å²) in [6, 6.07) is 37.7. The predicted molar refractivity (Wildman–Crippen MR) is 181 cm³/mol. The number of hydrogen-bond acceptors (Lipinski definition) is 7. The highest BCUT2D eigenvalue weighted by molar-refractivity contribution is 6.02. The minimum Gasteiger partial charge on any atom is -0.507 e. The van der Waals surface area contributed by atoms with E-state index in [1.165, 1.54) is 6.21 Å². The fourth-order valence-corrected chi connectivity index (χ4v) is 5.54. The maximum absolute atomic E-state index is 12.6. The van der Waals surface area contributed by atoms with Gasteiger partial charge in [0.25, 0.3) is 5.91 Å². The minimum absolute atomic E-state index is 0.122. The number of hydrogen-bond donors (Lipinski definition) is 2. The quantitative estimate of drug-likeness (QED) is 0.133. The zero-order valence-electron chi connectivity index (χ0n) is 25.7. The molecule has 0 aromatic heterocycles. The second kappa shape index (κ2) is 15.2. The Morgan fingerprint density at radius 2 is 1.35 bits per heavy atom. The van der Waals surface area contributed by atoms with Gasteiger partial charge in [-0.25, -0.2) is 5.43 Å². The summed E-state index contributed by atoms with van der Waals surface area (Å²) in [6.07, 6.45) is 1.50. The van der Waals surface area contributed by atoms with Crippen molar-refractivity contribution in [1.82, 2.24) is 15.2 Å². The molecule has 0 atom stereocenters. The van der Waals surface area contributed by atoms with Crippen molar-refractivity contribution in [2.45, 2.75) is 19.8 Å². The first-order valence-corrected chi connectivity index (χ1v) is 15.5. The summed E-state index contributed by atoms with van der Waals surface area (Å²) in [5, 5.41) is 16.3. The molecule has 0 saturated carbocycles. The Morgan fingerprint density at radius 1 is 0.717 bits per heavy atom. The standard InChI is InChI=1S/C38H38N4O4/c43-35-17-16-32-13-7-8-14-33(32)34(35)24-39-40-38(44)26-42-21-19-41(20-22-42)25-31-15-18-36(45-27-29-9-3-1-4-10-29)37(23-31)46-28-30-11-5-2-6-12-30/h1-18,23-24,43H,19-22,25-28H2,(H,40,44). The van der Waals surface area contributed by atoms with Crippen molar-refractivity contribution in [3.05, 3.63) is 138 Å². The van der Waals surface area contributed by atoms with Gasteiger partial charge in [-0.2, -0.15) is 5.10 Å². The lowest BCUT2D eigenvalue weighted by Gasteiger charge is -2.34. The number of hydrazone groups is 1. The van der Waals surface area contributed by atoms with Crippen LogP contribution in [0.2, 0.25) is 0 Å². The van der Waals surface area contributed by atoms with Crippen LogP contribution in [0.3, 0.4) is 0 Å². The zero-order valence-corrected chi connectivity index (χ0v) is 25.7. The highest BCUT2D eigenvalue weighted by atomic mass is 16.5. The first kappa shape index (κ1) is 30.8. The summed E-state index contributed by atoms with van der Waals surface area (Å²) in [5.74, 6) is 1.38. The molecule has 2 N–H and O–H groups in total. The van der Waals surface area contributed by atoms with Gasteiger partial charge in [-0.3, -0.25) is 14.6 Å². The molecule has 1 aliphatic rings.